The standard InChI is InChI=1S/C43H24N2O2S2/c1-2-8-25(9-3-1)43-44-42-39(49-43)21-20-36-41(42)33-22-26(16-19-35(33)46-36)45(27-14-17-30-29-10-4-6-12-34(29)47-37(30)23-27)28-15-18-32-31-11-5-7-13-38(31)48-40(32)24-28/h1-24H. The van der Waals surface area contributed by atoms with E-state index in [0.717, 1.165) is 81.7 Å². The molecule has 0 unspecified atom stereocenters. The van der Waals surface area contributed by atoms with Gasteiger partial charge in [0.05, 0.1) is 15.6 Å². The van der Waals surface area contributed by atoms with E-state index in [1.165, 1.54) is 20.2 Å². The molecule has 0 radical (unpaired) electrons. The molecule has 11 aromatic rings. The van der Waals surface area contributed by atoms with Crippen LogP contribution < -0.4 is 4.90 Å². The highest BCUT2D eigenvalue weighted by atomic mass is 32.1. The number of benzene rings is 7. The average Bonchev–Trinajstić information content (AvgIpc) is 3.92. The Morgan fingerprint density at radius 2 is 1.08 bits per heavy atom. The van der Waals surface area contributed by atoms with Crippen LogP contribution in [0.15, 0.2) is 154 Å². The van der Waals surface area contributed by atoms with E-state index in [0.29, 0.717) is 0 Å². The van der Waals surface area contributed by atoms with Gasteiger partial charge in [-0.1, -0.05) is 72.8 Å². The zero-order chi connectivity index (χ0) is 32.1. The Bertz CT molecular complexity index is 2960. The SMILES string of the molecule is c1ccc(-c2nc3c(ccc4oc5ccc(N(c6ccc7c(c6)oc6ccccc67)c6ccc7c(c6)sc6ccccc67)cc5c43)s2)cc1. The third kappa shape index (κ3) is 4.11. The number of thiazole rings is 1. The van der Waals surface area contributed by atoms with Gasteiger partial charge in [0.15, 0.2) is 0 Å². The number of fused-ring (bicyclic) bond motifs is 11. The lowest BCUT2D eigenvalue weighted by Crippen LogP contribution is -2.09. The van der Waals surface area contributed by atoms with Crippen molar-refractivity contribution in [3.8, 4) is 10.6 Å². The molecular weight excluding hydrogens is 641 g/mol. The molecule has 0 fully saturated rings. The summed E-state index contributed by atoms with van der Waals surface area (Å²) in [5.74, 6) is 0. The van der Waals surface area contributed by atoms with E-state index in [1.807, 2.05) is 29.5 Å². The van der Waals surface area contributed by atoms with E-state index in [9.17, 15) is 0 Å². The van der Waals surface area contributed by atoms with Crippen molar-refractivity contribution in [1.82, 2.24) is 4.98 Å². The van der Waals surface area contributed by atoms with Gasteiger partial charge in [-0.3, -0.25) is 0 Å². The highest BCUT2D eigenvalue weighted by molar-refractivity contribution is 7.25. The lowest BCUT2D eigenvalue weighted by molar-refractivity contribution is 0.668. The first kappa shape index (κ1) is 27.0. The number of para-hydroxylation sites is 1. The molecule has 0 N–H and O–H groups in total. The quantitative estimate of drug-likeness (QED) is 0.188. The van der Waals surface area contributed by atoms with Crippen molar-refractivity contribution in [1.29, 1.82) is 0 Å². The minimum Gasteiger partial charge on any atom is -0.456 e. The van der Waals surface area contributed by atoms with E-state index < -0.39 is 0 Å². The van der Waals surface area contributed by atoms with Crippen LogP contribution in [0.3, 0.4) is 0 Å². The maximum absolute atomic E-state index is 6.44. The summed E-state index contributed by atoms with van der Waals surface area (Å²) in [7, 11) is 0. The third-order valence-corrected chi connectivity index (χ3v) is 11.7. The van der Waals surface area contributed by atoms with E-state index >= 15 is 0 Å². The zero-order valence-electron chi connectivity index (χ0n) is 25.9. The fraction of sp³-hybridized carbons (Fsp3) is 0. The molecule has 0 amide bonds. The Balaban J connectivity index is 1.15. The van der Waals surface area contributed by atoms with E-state index in [2.05, 4.69) is 132 Å². The summed E-state index contributed by atoms with van der Waals surface area (Å²) in [4.78, 5) is 7.49. The van der Waals surface area contributed by atoms with Gasteiger partial charge in [0.25, 0.3) is 0 Å². The van der Waals surface area contributed by atoms with Crippen molar-refractivity contribution in [3.63, 3.8) is 0 Å². The van der Waals surface area contributed by atoms with Crippen LogP contribution in [0.4, 0.5) is 17.1 Å². The smallest absolute Gasteiger partial charge is 0.137 e. The van der Waals surface area contributed by atoms with Gasteiger partial charge in [0, 0.05) is 65.0 Å². The second kappa shape index (κ2) is 10.3. The van der Waals surface area contributed by atoms with Crippen LogP contribution in [-0.2, 0) is 0 Å². The fourth-order valence-corrected chi connectivity index (χ4v) is 9.36. The molecule has 0 bridgehead atoms. The molecule has 0 saturated heterocycles. The molecule has 49 heavy (non-hydrogen) atoms. The van der Waals surface area contributed by atoms with Crippen molar-refractivity contribution < 1.29 is 8.83 Å². The van der Waals surface area contributed by atoms with Crippen LogP contribution in [0.25, 0.3) is 84.8 Å². The molecule has 0 aliphatic rings. The summed E-state index contributed by atoms with van der Waals surface area (Å²) in [5, 5.41) is 7.88. The Morgan fingerprint density at radius 1 is 0.429 bits per heavy atom. The topological polar surface area (TPSA) is 42.4 Å². The fourth-order valence-electron chi connectivity index (χ4n) is 7.24. The van der Waals surface area contributed by atoms with E-state index in [1.54, 1.807) is 11.3 Å². The largest absolute Gasteiger partial charge is 0.456 e. The van der Waals surface area contributed by atoms with Crippen LogP contribution in [0.1, 0.15) is 0 Å². The van der Waals surface area contributed by atoms with Gasteiger partial charge in [-0.2, -0.15) is 0 Å². The van der Waals surface area contributed by atoms with Crippen LogP contribution >= 0.6 is 22.7 Å². The number of hydrogen-bond donors (Lipinski definition) is 0. The van der Waals surface area contributed by atoms with Crippen molar-refractivity contribution in [2.24, 2.45) is 0 Å². The van der Waals surface area contributed by atoms with Crippen LogP contribution in [0, 0.1) is 0 Å². The summed E-state index contributed by atoms with van der Waals surface area (Å²) in [5.41, 5.74) is 8.64. The van der Waals surface area contributed by atoms with Crippen molar-refractivity contribution in [3.05, 3.63) is 146 Å². The molecular formula is C43H24N2O2S2. The Kier molecular flexibility index (Phi) is 5.67. The van der Waals surface area contributed by atoms with Crippen molar-refractivity contribution >= 4 is 114 Å². The summed E-state index contributed by atoms with van der Waals surface area (Å²) >= 11 is 3.54. The lowest BCUT2D eigenvalue weighted by atomic mass is 10.1. The first-order valence-electron chi connectivity index (χ1n) is 16.2. The van der Waals surface area contributed by atoms with Gasteiger partial charge in [-0.05, 0) is 66.7 Å². The maximum Gasteiger partial charge on any atom is 0.137 e. The molecule has 230 valence electrons. The van der Waals surface area contributed by atoms with Gasteiger partial charge in [0.2, 0.25) is 0 Å². The number of hydrogen-bond acceptors (Lipinski definition) is 6. The van der Waals surface area contributed by atoms with Crippen molar-refractivity contribution in [2.75, 3.05) is 4.90 Å². The Labute approximate surface area is 287 Å². The molecule has 11 rings (SSSR count). The average molecular weight is 665 g/mol. The Hall–Kier alpha value is -5.95. The number of aromatic nitrogens is 1. The molecule has 0 spiro atoms. The van der Waals surface area contributed by atoms with E-state index in [4.69, 9.17) is 13.8 Å². The van der Waals surface area contributed by atoms with Gasteiger partial charge >= 0.3 is 0 Å². The zero-order valence-corrected chi connectivity index (χ0v) is 27.5. The normalized spacial score (nSPS) is 12.1. The number of rotatable bonds is 4. The minimum atomic E-state index is 0.839. The molecule has 4 aromatic heterocycles. The molecule has 6 heteroatoms. The third-order valence-electron chi connectivity index (χ3n) is 9.50. The molecule has 0 atom stereocenters. The predicted molar refractivity (Wildman–Crippen MR) is 207 cm³/mol. The predicted octanol–water partition coefficient (Wildman–Crippen LogP) is 13.6. The van der Waals surface area contributed by atoms with Crippen molar-refractivity contribution in [2.45, 2.75) is 0 Å². The summed E-state index contributed by atoms with van der Waals surface area (Å²) in [6.07, 6.45) is 0. The molecule has 0 aliphatic carbocycles. The summed E-state index contributed by atoms with van der Waals surface area (Å²) in [6.45, 7) is 0. The van der Waals surface area contributed by atoms with Gasteiger partial charge in [-0.15, -0.1) is 22.7 Å². The first-order valence-corrected chi connectivity index (χ1v) is 17.8. The number of anilines is 3. The highest BCUT2D eigenvalue weighted by Crippen LogP contribution is 2.45. The molecule has 0 aliphatic heterocycles. The Morgan fingerprint density at radius 3 is 2.00 bits per heavy atom. The summed E-state index contributed by atoms with van der Waals surface area (Å²) < 4.78 is 16.5. The summed E-state index contributed by atoms with van der Waals surface area (Å²) in [6, 6.07) is 51.3. The number of nitrogens with zero attached hydrogens (tertiary/aromatic N) is 2. The second-order valence-electron chi connectivity index (χ2n) is 12.3. The molecule has 4 heterocycles. The monoisotopic (exact) mass is 664 g/mol. The van der Waals surface area contributed by atoms with Gasteiger partial charge in [-0.25, -0.2) is 4.98 Å². The molecule has 4 nitrogen and oxygen atoms in total. The van der Waals surface area contributed by atoms with Crippen LogP contribution in [0.5, 0.6) is 0 Å². The van der Waals surface area contributed by atoms with Gasteiger partial charge < -0.3 is 13.7 Å². The van der Waals surface area contributed by atoms with Gasteiger partial charge in [0.1, 0.15) is 27.3 Å². The van der Waals surface area contributed by atoms with Crippen LogP contribution in [-0.4, -0.2) is 4.98 Å². The lowest BCUT2D eigenvalue weighted by Gasteiger charge is -2.25. The highest BCUT2D eigenvalue weighted by Gasteiger charge is 2.20. The van der Waals surface area contributed by atoms with Crippen LogP contribution in [0.2, 0.25) is 0 Å². The molecule has 7 aromatic carbocycles. The minimum absolute atomic E-state index is 0.839. The van der Waals surface area contributed by atoms with E-state index in [-0.39, 0.29) is 0 Å². The maximum atomic E-state index is 6.44. The second-order valence-corrected chi connectivity index (χ2v) is 14.5. The first-order chi connectivity index (χ1) is 24.2. The molecule has 0 saturated carbocycles. The number of thiophene rings is 1. The number of furan rings is 2.